The van der Waals surface area contributed by atoms with Gasteiger partial charge in [-0.15, -0.1) is 0 Å². The number of non-ortho nitro benzene ring substituents is 1. The van der Waals surface area contributed by atoms with Crippen molar-refractivity contribution in [3.05, 3.63) is 52.3 Å². The van der Waals surface area contributed by atoms with Crippen LogP contribution in [0.25, 0.3) is 22.4 Å². The Morgan fingerprint density at radius 1 is 1.25 bits per heavy atom. The molecule has 3 aromatic rings. The van der Waals surface area contributed by atoms with Crippen molar-refractivity contribution in [3.8, 4) is 11.4 Å². The van der Waals surface area contributed by atoms with Crippen LogP contribution < -0.4 is 5.73 Å². The number of anilines is 1. The summed E-state index contributed by atoms with van der Waals surface area (Å²) in [5.41, 5.74) is 7.02. The Hall–Kier alpha value is -2.96. The molecule has 0 saturated carbocycles. The van der Waals surface area contributed by atoms with Crippen molar-refractivity contribution in [2.45, 2.75) is 0 Å². The van der Waals surface area contributed by atoms with Crippen molar-refractivity contribution in [2.75, 3.05) is 5.73 Å². The highest BCUT2D eigenvalue weighted by atomic mass is 19.1. The predicted molar refractivity (Wildman–Crippen MR) is 72.6 cm³/mol. The van der Waals surface area contributed by atoms with Crippen LogP contribution in [0, 0.1) is 15.9 Å². The average Bonchev–Trinajstić information content (AvgIpc) is 2.80. The van der Waals surface area contributed by atoms with Crippen LogP contribution in [0.4, 0.5) is 15.8 Å². The third-order valence-corrected chi connectivity index (χ3v) is 2.92. The van der Waals surface area contributed by atoms with E-state index >= 15 is 0 Å². The quantitative estimate of drug-likeness (QED) is 0.425. The van der Waals surface area contributed by atoms with Crippen LogP contribution in [0.1, 0.15) is 0 Å². The molecule has 3 N–H and O–H groups in total. The van der Waals surface area contributed by atoms with E-state index in [2.05, 4.69) is 9.97 Å². The molecule has 2 aromatic carbocycles. The minimum atomic E-state index is -0.501. The van der Waals surface area contributed by atoms with E-state index in [1.54, 1.807) is 6.07 Å². The number of hydrogen-bond acceptors (Lipinski definition) is 4. The summed E-state index contributed by atoms with van der Waals surface area (Å²) in [4.78, 5) is 17.3. The van der Waals surface area contributed by atoms with E-state index in [0.29, 0.717) is 22.5 Å². The standard InChI is InChI=1S/C13H9FN4O2/c14-10-5-7(15)1-3-9(10)13-16-11-4-2-8(18(19)20)6-12(11)17-13/h1-6H,15H2,(H,16,17). The van der Waals surface area contributed by atoms with Crippen LogP contribution in [0.3, 0.4) is 0 Å². The molecule has 3 rings (SSSR count). The molecule has 0 fully saturated rings. The minimum Gasteiger partial charge on any atom is -0.399 e. The van der Waals surface area contributed by atoms with Crippen LogP contribution >= 0.6 is 0 Å². The van der Waals surface area contributed by atoms with E-state index in [-0.39, 0.29) is 11.3 Å². The first-order valence-electron chi connectivity index (χ1n) is 5.74. The number of nitrogens with zero attached hydrogens (tertiary/aromatic N) is 2. The fourth-order valence-corrected chi connectivity index (χ4v) is 1.96. The molecule has 0 saturated heterocycles. The lowest BCUT2D eigenvalue weighted by atomic mass is 10.2. The highest BCUT2D eigenvalue weighted by molar-refractivity contribution is 5.81. The first-order chi connectivity index (χ1) is 9.54. The second-order valence-electron chi connectivity index (χ2n) is 4.28. The zero-order chi connectivity index (χ0) is 14.3. The number of nitrogen functional groups attached to an aromatic ring is 1. The summed E-state index contributed by atoms with van der Waals surface area (Å²) in [6.45, 7) is 0. The average molecular weight is 272 g/mol. The topological polar surface area (TPSA) is 97.8 Å². The van der Waals surface area contributed by atoms with Gasteiger partial charge in [-0.3, -0.25) is 10.1 Å². The number of nitrogens with two attached hydrogens (primary N) is 1. The SMILES string of the molecule is Nc1ccc(-c2nc3ccc([N+](=O)[O-])cc3[nH]2)c(F)c1. The van der Waals surface area contributed by atoms with Crippen molar-refractivity contribution in [2.24, 2.45) is 0 Å². The number of nitro benzene ring substituents is 1. The summed E-state index contributed by atoms with van der Waals surface area (Å²) in [7, 11) is 0. The molecule has 0 atom stereocenters. The number of rotatable bonds is 2. The van der Waals surface area contributed by atoms with Gasteiger partial charge in [-0.05, 0) is 24.3 Å². The second-order valence-corrected chi connectivity index (χ2v) is 4.28. The van der Waals surface area contributed by atoms with Gasteiger partial charge in [-0.25, -0.2) is 9.37 Å². The van der Waals surface area contributed by atoms with E-state index in [4.69, 9.17) is 5.73 Å². The molecule has 6 nitrogen and oxygen atoms in total. The van der Waals surface area contributed by atoms with Crippen LogP contribution in [0.2, 0.25) is 0 Å². The number of H-pyrrole nitrogens is 1. The van der Waals surface area contributed by atoms with Crippen LogP contribution in [-0.4, -0.2) is 14.9 Å². The van der Waals surface area contributed by atoms with Crippen molar-refractivity contribution >= 4 is 22.4 Å². The molecule has 0 aliphatic heterocycles. The fraction of sp³-hybridized carbons (Fsp3) is 0. The van der Waals surface area contributed by atoms with Gasteiger partial charge in [0.25, 0.3) is 5.69 Å². The zero-order valence-corrected chi connectivity index (χ0v) is 10.1. The monoisotopic (exact) mass is 272 g/mol. The zero-order valence-electron chi connectivity index (χ0n) is 10.1. The summed E-state index contributed by atoms with van der Waals surface area (Å²) in [5.74, 6) is -0.198. The largest absolute Gasteiger partial charge is 0.399 e. The molecule has 0 spiro atoms. The van der Waals surface area contributed by atoms with Crippen molar-refractivity contribution in [1.29, 1.82) is 0 Å². The Morgan fingerprint density at radius 2 is 2.05 bits per heavy atom. The van der Waals surface area contributed by atoms with Gasteiger partial charge < -0.3 is 10.7 Å². The van der Waals surface area contributed by atoms with E-state index in [9.17, 15) is 14.5 Å². The number of nitro groups is 1. The molecular formula is C13H9FN4O2. The smallest absolute Gasteiger partial charge is 0.271 e. The number of benzene rings is 2. The summed E-state index contributed by atoms with van der Waals surface area (Å²) >= 11 is 0. The van der Waals surface area contributed by atoms with Crippen LogP contribution in [0.5, 0.6) is 0 Å². The van der Waals surface area contributed by atoms with Gasteiger partial charge in [0.1, 0.15) is 11.6 Å². The maximum atomic E-state index is 13.8. The van der Waals surface area contributed by atoms with Crippen molar-refractivity contribution in [1.82, 2.24) is 9.97 Å². The number of aromatic nitrogens is 2. The molecule has 7 heteroatoms. The highest BCUT2D eigenvalue weighted by Crippen LogP contribution is 2.26. The van der Waals surface area contributed by atoms with Gasteiger partial charge in [-0.2, -0.15) is 0 Å². The molecule has 0 aliphatic carbocycles. The second kappa shape index (κ2) is 4.30. The van der Waals surface area contributed by atoms with Gasteiger partial charge in [0.05, 0.1) is 21.5 Å². The number of imidazole rings is 1. The van der Waals surface area contributed by atoms with E-state index in [0.717, 1.165) is 0 Å². The van der Waals surface area contributed by atoms with Crippen LogP contribution in [0.15, 0.2) is 36.4 Å². The Labute approximate surface area is 112 Å². The molecule has 1 heterocycles. The number of nitrogens with one attached hydrogen (secondary N) is 1. The van der Waals surface area contributed by atoms with E-state index < -0.39 is 10.7 Å². The first-order valence-corrected chi connectivity index (χ1v) is 5.74. The molecule has 1 aromatic heterocycles. The number of aromatic amines is 1. The molecule has 0 amide bonds. The molecular weight excluding hydrogens is 263 g/mol. The first kappa shape index (κ1) is 12.1. The predicted octanol–water partition coefficient (Wildman–Crippen LogP) is 2.86. The summed E-state index contributed by atoms with van der Waals surface area (Å²) in [6.07, 6.45) is 0. The fourth-order valence-electron chi connectivity index (χ4n) is 1.96. The molecule has 100 valence electrons. The van der Waals surface area contributed by atoms with E-state index in [1.165, 1.54) is 30.3 Å². The number of fused-ring (bicyclic) bond motifs is 1. The molecule has 20 heavy (non-hydrogen) atoms. The Balaban J connectivity index is 2.15. The maximum absolute atomic E-state index is 13.8. The lowest BCUT2D eigenvalue weighted by molar-refractivity contribution is -0.384. The molecule has 0 radical (unpaired) electrons. The van der Waals surface area contributed by atoms with E-state index in [1.807, 2.05) is 0 Å². The van der Waals surface area contributed by atoms with Gasteiger partial charge in [0, 0.05) is 17.8 Å². The minimum absolute atomic E-state index is 0.0505. The normalized spacial score (nSPS) is 10.8. The van der Waals surface area contributed by atoms with Crippen LogP contribution in [-0.2, 0) is 0 Å². The summed E-state index contributed by atoms with van der Waals surface area (Å²) in [5, 5.41) is 10.7. The lowest BCUT2D eigenvalue weighted by Crippen LogP contribution is -1.90. The molecule has 0 aliphatic rings. The van der Waals surface area contributed by atoms with Crippen molar-refractivity contribution < 1.29 is 9.31 Å². The summed E-state index contributed by atoms with van der Waals surface area (Å²) in [6, 6.07) is 8.51. The molecule has 0 bridgehead atoms. The molecule has 0 unspecified atom stereocenters. The number of hydrogen-bond donors (Lipinski definition) is 2. The summed E-state index contributed by atoms with van der Waals surface area (Å²) < 4.78 is 13.8. The third kappa shape index (κ3) is 1.95. The third-order valence-electron chi connectivity index (χ3n) is 2.92. The van der Waals surface area contributed by atoms with Gasteiger partial charge in [-0.1, -0.05) is 0 Å². The maximum Gasteiger partial charge on any atom is 0.271 e. The van der Waals surface area contributed by atoms with Gasteiger partial charge >= 0.3 is 0 Å². The number of halogens is 1. The van der Waals surface area contributed by atoms with Gasteiger partial charge in [0.15, 0.2) is 0 Å². The highest BCUT2D eigenvalue weighted by Gasteiger charge is 2.13. The Bertz CT molecular complexity index is 828. The lowest BCUT2D eigenvalue weighted by Gasteiger charge is -1.99. The Kier molecular flexibility index (Phi) is 2.60. The van der Waals surface area contributed by atoms with Gasteiger partial charge in [0.2, 0.25) is 0 Å². The Morgan fingerprint density at radius 3 is 2.75 bits per heavy atom. The van der Waals surface area contributed by atoms with Crippen molar-refractivity contribution in [3.63, 3.8) is 0 Å².